The second-order valence-corrected chi connectivity index (χ2v) is 6.34. The van der Waals surface area contributed by atoms with Crippen molar-refractivity contribution in [1.29, 1.82) is 0 Å². The summed E-state index contributed by atoms with van der Waals surface area (Å²) in [5.41, 5.74) is 7.25. The van der Waals surface area contributed by atoms with E-state index in [0.29, 0.717) is 5.25 Å². The first-order valence-corrected chi connectivity index (χ1v) is 8.21. The smallest absolute Gasteiger partial charge is 0.0270 e. The lowest BCUT2D eigenvalue weighted by atomic mass is 9.96. The Morgan fingerprint density at radius 2 is 1.80 bits per heavy atom. The maximum atomic E-state index is 4.87. The van der Waals surface area contributed by atoms with E-state index in [-0.39, 0.29) is 0 Å². The average molecular weight is 282 g/mol. The standard InChI is InChI=1S/C19H22S/c1-2-3-4-12-19(20)17-11-7-10-16-15-9-6-5-8-14(15)13-18(16)17/h5-11,19-20H,2-4,12-13H2,1H3. The molecule has 0 saturated heterocycles. The number of benzene rings is 2. The van der Waals surface area contributed by atoms with Crippen LogP contribution < -0.4 is 0 Å². The minimum atomic E-state index is 0.380. The molecule has 1 atom stereocenters. The molecule has 1 heteroatoms. The molecule has 1 unspecified atom stereocenters. The minimum Gasteiger partial charge on any atom is -0.171 e. The Hall–Kier alpha value is -1.21. The maximum absolute atomic E-state index is 4.87. The molecule has 0 N–H and O–H groups in total. The van der Waals surface area contributed by atoms with Crippen molar-refractivity contribution >= 4 is 12.6 Å². The Bertz CT molecular complexity index is 600. The second kappa shape index (κ2) is 6.05. The Morgan fingerprint density at radius 3 is 2.65 bits per heavy atom. The molecule has 0 amide bonds. The molecule has 3 rings (SSSR count). The van der Waals surface area contributed by atoms with Gasteiger partial charge >= 0.3 is 0 Å². The van der Waals surface area contributed by atoms with Gasteiger partial charge in [0.25, 0.3) is 0 Å². The zero-order valence-electron chi connectivity index (χ0n) is 12.1. The van der Waals surface area contributed by atoms with Gasteiger partial charge in [0.05, 0.1) is 0 Å². The zero-order chi connectivity index (χ0) is 13.9. The van der Waals surface area contributed by atoms with E-state index in [0.717, 1.165) is 6.42 Å². The van der Waals surface area contributed by atoms with Crippen LogP contribution in [0.4, 0.5) is 0 Å². The van der Waals surface area contributed by atoms with Gasteiger partial charge in [0.2, 0.25) is 0 Å². The van der Waals surface area contributed by atoms with Gasteiger partial charge in [0, 0.05) is 5.25 Å². The molecule has 0 bridgehead atoms. The lowest BCUT2D eigenvalue weighted by Crippen LogP contribution is -1.97. The summed E-state index contributed by atoms with van der Waals surface area (Å²) >= 11 is 4.87. The van der Waals surface area contributed by atoms with Crippen LogP contribution in [0.2, 0.25) is 0 Å². The van der Waals surface area contributed by atoms with Crippen molar-refractivity contribution in [2.45, 2.75) is 44.3 Å². The lowest BCUT2D eigenvalue weighted by Gasteiger charge is -2.15. The first kappa shape index (κ1) is 13.8. The van der Waals surface area contributed by atoms with Crippen LogP contribution in [-0.4, -0.2) is 0 Å². The van der Waals surface area contributed by atoms with Crippen molar-refractivity contribution in [1.82, 2.24) is 0 Å². The third kappa shape index (κ3) is 2.52. The van der Waals surface area contributed by atoms with E-state index in [4.69, 9.17) is 12.6 Å². The molecular weight excluding hydrogens is 260 g/mol. The van der Waals surface area contributed by atoms with Gasteiger partial charge in [-0.1, -0.05) is 68.7 Å². The van der Waals surface area contributed by atoms with Crippen LogP contribution in [0.25, 0.3) is 11.1 Å². The highest BCUT2D eigenvalue weighted by molar-refractivity contribution is 7.80. The molecule has 1 aliphatic carbocycles. The van der Waals surface area contributed by atoms with Gasteiger partial charge in [-0.15, -0.1) is 0 Å². The third-order valence-corrected chi connectivity index (χ3v) is 4.86. The SMILES string of the molecule is CCCCCC(S)c1cccc2c1Cc1ccccc1-2. The molecule has 104 valence electrons. The van der Waals surface area contributed by atoms with Crippen LogP contribution in [0.1, 0.15) is 54.5 Å². The monoisotopic (exact) mass is 282 g/mol. The number of rotatable bonds is 5. The number of hydrogen-bond donors (Lipinski definition) is 1. The van der Waals surface area contributed by atoms with E-state index in [9.17, 15) is 0 Å². The van der Waals surface area contributed by atoms with Gasteiger partial charge in [-0.25, -0.2) is 0 Å². The first-order valence-electron chi connectivity index (χ1n) is 7.69. The summed E-state index contributed by atoms with van der Waals surface area (Å²) in [5, 5.41) is 0.380. The van der Waals surface area contributed by atoms with E-state index >= 15 is 0 Å². The highest BCUT2D eigenvalue weighted by Crippen LogP contribution is 2.41. The van der Waals surface area contributed by atoms with E-state index in [1.54, 1.807) is 0 Å². The molecule has 0 fully saturated rings. The summed E-state index contributed by atoms with van der Waals surface area (Å²) in [4.78, 5) is 0. The quantitative estimate of drug-likeness (QED) is 0.443. The van der Waals surface area contributed by atoms with Gasteiger partial charge < -0.3 is 0 Å². The highest BCUT2D eigenvalue weighted by Gasteiger charge is 2.22. The van der Waals surface area contributed by atoms with Crippen molar-refractivity contribution in [3.05, 3.63) is 59.2 Å². The van der Waals surface area contributed by atoms with Crippen LogP contribution in [0.5, 0.6) is 0 Å². The fourth-order valence-corrected chi connectivity index (χ4v) is 3.66. The predicted molar refractivity (Wildman–Crippen MR) is 90.6 cm³/mol. The van der Waals surface area contributed by atoms with Crippen molar-refractivity contribution in [3.63, 3.8) is 0 Å². The van der Waals surface area contributed by atoms with Crippen molar-refractivity contribution in [2.24, 2.45) is 0 Å². The number of thiol groups is 1. The van der Waals surface area contributed by atoms with E-state index in [1.165, 1.54) is 53.5 Å². The molecular formula is C19H22S. The Kier molecular flexibility index (Phi) is 4.16. The minimum absolute atomic E-state index is 0.380. The zero-order valence-corrected chi connectivity index (χ0v) is 13.0. The summed E-state index contributed by atoms with van der Waals surface area (Å²) in [7, 11) is 0. The molecule has 2 aromatic rings. The first-order chi connectivity index (χ1) is 9.81. The molecule has 0 heterocycles. The molecule has 0 nitrogen and oxygen atoms in total. The summed E-state index contributed by atoms with van der Waals surface area (Å²) in [6.07, 6.45) is 6.13. The average Bonchev–Trinajstić information content (AvgIpc) is 2.86. The molecule has 20 heavy (non-hydrogen) atoms. The van der Waals surface area contributed by atoms with Crippen LogP contribution in [0, 0.1) is 0 Å². The fraction of sp³-hybridized carbons (Fsp3) is 0.368. The van der Waals surface area contributed by atoms with Crippen molar-refractivity contribution < 1.29 is 0 Å². The van der Waals surface area contributed by atoms with Crippen molar-refractivity contribution in [3.8, 4) is 11.1 Å². The van der Waals surface area contributed by atoms with Crippen LogP contribution in [0.3, 0.4) is 0 Å². The van der Waals surface area contributed by atoms with Gasteiger partial charge in [-0.2, -0.15) is 12.6 Å². The van der Waals surface area contributed by atoms with Crippen molar-refractivity contribution in [2.75, 3.05) is 0 Å². The molecule has 0 spiro atoms. The summed E-state index contributed by atoms with van der Waals surface area (Å²) in [6, 6.07) is 15.5. The van der Waals surface area contributed by atoms with E-state index in [2.05, 4.69) is 49.4 Å². The topological polar surface area (TPSA) is 0 Å². The molecule has 0 aliphatic heterocycles. The van der Waals surface area contributed by atoms with Gasteiger partial charge in [-0.3, -0.25) is 0 Å². The molecule has 2 aromatic carbocycles. The van der Waals surface area contributed by atoms with Crippen LogP contribution in [0.15, 0.2) is 42.5 Å². The Labute approximate surface area is 127 Å². The lowest BCUT2D eigenvalue weighted by molar-refractivity contribution is 0.659. The molecule has 0 saturated carbocycles. The summed E-state index contributed by atoms with van der Waals surface area (Å²) < 4.78 is 0. The number of hydrogen-bond acceptors (Lipinski definition) is 1. The van der Waals surface area contributed by atoms with E-state index in [1.807, 2.05) is 0 Å². The maximum Gasteiger partial charge on any atom is 0.0270 e. The number of fused-ring (bicyclic) bond motifs is 3. The normalized spacial score (nSPS) is 13.9. The van der Waals surface area contributed by atoms with Crippen LogP contribution in [-0.2, 0) is 6.42 Å². The molecule has 0 radical (unpaired) electrons. The fourth-order valence-electron chi connectivity index (χ4n) is 3.24. The van der Waals surface area contributed by atoms with Gasteiger partial charge in [0.1, 0.15) is 0 Å². The summed E-state index contributed by atoms with van der Waals surface area (Å²) in [6.45, 7) is 2.25. The van der Waals surface area contributed by atoms with E-state index < -0.39 is 0 Å². The van der Waals surface area contributed by atoms with Gasteiger partial charge in [0.15, 0.2) is 0 Å². The predicted octanol–water partition coefficient (Wildman–Crippen LogP) is 5.81. The Balaban J connectivity index is 1.89. The largest absolute Gasteiger partial charge is 0.171 e. The van der Waals surface area contributed by atoms with Gasteiger partial charge in [-0.05, 0) is 40.7 Å². The second-order valence-electron chi connectivity index (χ2n) is 5.72. The third-order valence-electron chi connectivity index (χ3n) is 4.33. The Morgan fingerprint density at radius 1 is 1.00 bits per heavy atom. The number of unbranched alkanes of at least 4 members (excludes halogenated alkanes) is 2. The highest BCUT2D eigenvalue weighted by atomic mass is 32.1. The summed E-state index contributed by atoms with van der Waals surface area (Å²) in [5.74, 6) is 0. The molecule has 0 aromatic heterocycles. The van der Waals surface area contributed by atoms with Crippen LogP contribution >= 0.6 is 12.6 Å². The molecule has 1 aliphatic rings.